The van der Waals surface area contributed by atoms with E-state index in [-0.39, 0.29) is 40.6 Å². The number of hydrogen-bond donors (Lipinski definition) is 2. The highest BCUT2D eigenvalue weighted by Crippen LogP contribution is 2.33. The van der Waals surface area contributed by atoms with Gasteiger partial charge in [-0.1, -0.05) is 11.6 Å². The Labute approximate surface area is 211 Å². The topological polar surface area (TPSA) is 134 Å². The molecule has 0 atom stereocenters. The van der Waals surface area contributed by atoms with Gasteiger partial charge in [-0.2, -0.15) is 0 Å². The molecular formula is C22H17ClF2N6O4S. The van der Waals surface area contributed by atoms with Crippen LogP contribution in [-0.2, 0) is 16.1 Å². The zero-order chi connectivity index (χ0) is 26.0. The number of nitrogens with two attached hydrogens (primary N) is 1. The lowest BCUT2D eigenvalue weighted by atomic mass is 10.2. The normalized spacial score (nSPS) is 10.9. The number of rotatable bonds is 7. The third kappa shape index (κ3) is 5.02. The van der Waals surface area contributed by atoms with Crippen LogP contribution >= 0.6 is 23.5 Å². The highest BCUT2D eigenvalue weighted by Gasteiger charge is 2.21. The van der Waals surface area contributed by atoms with Crippen molar-refractivity contribution in [2.24, 2.45) is 0 Å². The summed E-state index contributed by atoms with van der Waals surface area (Å²) in [6.07, 6.45) is 3.67. The summed E-state index contributed by atoms with van der Waals surface area (Å²) in [5, 5.41) is 0.251. The zero-order valence-corrected chi connectivity index (χ0v) is 20.3. The number of carbonyl (C=O) groups excluding carboxylic acids is 1. The number of pyridine rings is 2. The monoisotopic (exact) mass is 534 g/mol. The number of methoxy groups -OCH3 is 1. The third-order valence-corrected chi connectivity index (χ3v) is 5.87. The molecule has 0 aliphatic rings. The molecule has 4 rings (SSSR count). The minimum Gasteiger partial charge on any atom is -0.480 e. The van der Waals surface area contributed by atoms with Crippen molar-refractivity contribution < 1.29 is 23.0 Å². The van der Waals surface area contributed by atoms with Crippen LogP contribution in [0.1, 0.15) is 12.5 Å². The molecule has 0 saturated carbocycles. The van der Waals surface area contributed by atoms with Crippen LogP contribution in [0.4, 0.5) is 20.4 Å². The molecule has 0 spiro atoms. The fraction of sp³-hybridized carbons (Fsp3) is 0.136. The quantitative estimate of drug-likeness (QED) is 0.265. The average molecular weight is 535 g/mol. The van der Waals surface area contributed by atoms with E-state index in [0.717, 1.165) is 35.0 Å². The van der Waals surface area contributed by atoms with Gasteiger partial charge < -0.3 is 19.9 Å². The van der Waals surface area contributed by atoms with Gasteiger partial charge in [0.2, 0.25) is 11.8 Å². The van der Waals surface area contributed by atoms with Crippen LogP contribution in [0.3, 0.4) is 0 Å². The number of hydrogen-bond acceptors (Lipinski definition) is 10. The van der Waals surface area contributed by atoms with E-state index in [9.17, 15) is 14.0 Å². The molecule has 0 amide bonds. The van der Waals surface area contributed by atoms with Gasteiger partial charge in [0.05, 0.1) is 33.6 Å². The summed E-state index contributed by atoms with van der Waals surface area (Å²) in [7, 11) is 1.41. The van der Waals surface area contributed by atoms with Gasteiger partial charge in [-0.3, -0.25) is 14.2 Å². The van der Waals surface area contributed by atoms with E-state index in [0.29, 0.717) is 9.92 Å². The molecule has 0 saturated heterocycles. The van der Waals surface area contributed by atoms with Crippen molar-refractivity contribution in [3.8, 4) is 11.6 Å². The first-order valence-corrected chi connectivity index (χ1v) is 11.3. The third-order valence-electron chi connectivity index (χ3n) is 4.83. The molecule has 14 heteroatoms. The fourth-order valence-electron chi connectivity index (χ4n) is 3.24. The summed E-state index contributed by atoms with van der Waals surface area (Å²) in [5.74, 6) is -2.57. The summed E-state index contributed by atoms with van der Waals surface area (Å²) in [6.45, 7) is 0.874. The van der Waals surface area contributed by atoms with E-state index >= 15 is 4.39 Å². The molecule has 186 valence electrons. The maximum Gasteiger partial charge on any atom is 0.302 e. The Morgan fingerprint density at radius 2 is 2.06 bits per heavy atom. The SMILES string of the molecule is COc1ncc(Cl)cc1SNc1ccc(F)c(-n2cc(COC(C)=O)c3nc(N)ncc3c2=O)c1F. The van der Waals surface area contributed by atoms with Crippen molar-refractivity contribution in [2.45, 2.75) is 18.4 Å². The van der Waals surface area contributed by atoms with Crippen molar-refractivity contribution in [1.29, 1.82) is 0 Å². The molecule has 0 aliphatic heterocycles. The molecule has 0 radical (unpaired) electrons. The van der Waals surface area contributed by atoms with Crippen LogP contribution < -0.4 is 20.8 Å². The number of benzene rings is 1. The first-order chi connectivity index (χ1) is 17.2. The number of fused-ring (bicyclic) bond motifs is 1. The number of anilines is 2. The Bertz CT molecular complexity index is 1550. The number of nitrogens with one attached hydrogen (secondary N) is 1. The van der Waals surface area contributed by atoms with Gasteiger partial charge in [-0.15, -0.1) is 0 Å². The summed E-state index contributed by atoms with van der Waals surface area (Å²) in [6, 6.07) is 3.71. The van der Waals surface area contributed by atoms with Crippen molar-refractivity contribution in [3.05, 3.63) is 69.4 Å². The minimum atomic E-state index is -1.06. The second kappa shape index (κ2) is 10.3. The van der Waals surface area contributed by atoms with Gasteiger partial charge in [0.15, 0.2) is 5.82 Å². The highest BCUT2D eigenvalue weighted by atomic mass is 35.5. The number of nitrogens with zero attached hydrogens (tertiary/aromatic N) is 4. The Kier molecular flexibility index (Phi) is 7.22. The summed E-state index contributed by atoms with van der Waals surface area (Å²) in [4.78, 5) is 36.8. The number of nitrogen functional groups attached to an aromatic ring is 1. The zero-order valence-electron chi connectivity index (χ0n) is 18.7. The number of halogens is 3. The molecule has 1 aromatic carbocycles. The highest BCUT2D eigenvalue weighted by molar-refractivity contribution is 8.00. The molecule has 36 heavy (non-hydrogen) atoms. The Morgan fingerprint density at radius 3 is 2.78 bits per heavy atom. The molecule has 4 aromatic rings. The first kappa shape index (κ1) is 25.1. The largest absolute Gasteiger partial charge is 0.480 e. The molecule has 0 unspecified atom stereocenters. The van der Waals surface area contributed by atoms with Crippen LogP contribution in [0.15, 0.2) is 46.5 Å². The number of aromatic nitrogens is 4. The lowest BCUT2D eigenvalue weighted by Gasteiger charge is -2.16. The molecule has 0 fully saturated rings. The Morgan fingerprint density at radius 1 is 1.28 bits per heavy atom. The second-order valence-electron chi connectivity index (χ2n) is 7.22. The smallest absolute Gasteiger partial charge is 0.302 e. The van der Waals surface area contributed by atoms with Crippen LogP contribution in [0.2, 0.25) is 5.02 Å². The van der Waals surface area contributed by atoms with E-state index in [2.05, 4.69) is 19.7 Å². The van der Waals surface area contributed by atoms with E-state index in [1.54, 1.807) is 6.07 Å². The van der Waals surface area contributed by atoms with E-state index in [1.807, 2.05) is 0 Å². The van der Waals surface area contributed by atoms with Crippen LogP contribution in [0.5, 0.6) is 5.88 Å². The number of esters is 1. The molecular weight excluding hydrogens is 518 g/mol. The van der Waals surface area contributed by atoms with Gasteiger partial charge in [0, 0.05) is 31.1 Å². The van der Waals surface area contributed by atoms with Crippen molar-refractivity contribution in [2.75, 3.05) is 17.6 Å². The number of ether oxygens (including phenoxy) is 2. The maximum atomic E-state index is 15.6. The lowest BCUT2D eigenvalue weighted by Crippen LogP contribution is -2.23. The summed E-state index contributed by atoms with van der Waals surface area (Å²) in [5.41, 5.74) is 4.31. The second-order valence-corrected chi connectivity index (χ2v) is 8.51. The number of carbonyl (C=O) groups is 1. The molecule has 10 nitrogen and oxygen atoms in total. The molecule has 0 aliphatic carbocycles. The standard InChI is InChI=1S/C22H17ClF2N6O4S/c1-10(32)35-9-11-8-31(21(33)13-7-28-22(26)29-18(11)13)19-14(24)3-4-15(17(19)25)30-36-16-5-12(23)6-27-20(16)34-2/h3-8,30H,9H2,1-2H3,(H2,26,28,29). The van der Waals surface area contributed by atoms with Gasteiger partial charge in [0.1, 0.15) is 18.1 Å². The molecule has 3 heterocycles. The van der Waals surface area contributed by atoms with Gasteiger partial charge >= 0.3 is 5.97 Å². The summed E-state index contributed by atoms with van der Waals surface area (Å²) < 4.78 is 44.2. The lowest BCUT2D eigenvalue weighted by molar-refractivity contribution is -0.142. The van der Waals surface area contributed by atoms with Crippen molar-refractivity contribution >= 4 is 52.1 Å². The van der Waals surface area contributed by atoms with Crippen molar-refractivity contribution in [1.82, 2.24) is 19.5 Å². The predicted octanol–water partition coefficient (Wildman–Crippen LogP) is 3.88. The molecule has 3 aromatic heterocycles. The van der Waals surface area contributed by atoms with E-state index in [1.165, 1.54) is 26.3 Å². The molecule has 0 bridgehead atoms. The van der Waals surface area contributed by atoms with Gasteiger partial charge in [-0.25, -0.2) is 23.7 Å². The maximum absolute atomic E-state index is 15.6. The van der Waals surface area contributed by atoms with Gasteiger partial charge in [-0.05, 0) is 30.1 Å². The average Bonchev–Trinajstić information content (AvgIpc) is 2.84. The summed E-state index contributed by atoms with van der Waals surface area (Å²) >= 11 is 6.90. The van der Waals surface area contributed by atoms with Crippen molar-refractivity contribution in [3.63, 3.8) is 0 Å². The van der Waals surface area contributed by atoms with Crippen LogP contribution in [-0.4, -0.2) is 32.6 Å². The van der Waals surface area contributed by atoms with Gasteiger partial charge in [0.25, 0.3) is 5.56 Å². The fourth-order valence-corrected chi connectivity index (χ4v) is 4.25. The Balaban J connectivity index is 1.81. The Hall–Kier alpha value is -3.97. The van der Waals surface area contributed by atoms with Crippen LogP contribution in [0, 0.1) is 11.6 Å². The first-order valence-electron chi connectivity index (χ1n) is 10.1. The van der Waals surface area contributed by atoms with Crippen LogP contribution in [0.25, 0.3) is 16.6 Å². The predicted molar refractivity (Wildman–Crippen MR) is 130 cm³/mol. The van der Waals surface area contributed by atoms with E-state index in [4.69, 9.17) is 26.8 Å². The minimum absolute atomic E-state index is 0.0740. The van der Waals surface area contributed by atoms with E-state index < -0.39 is 28.9 Å². The molecule has 3 N–H and O–H groups in total.